The minimum Gasteiger partial charge on any atom is -0.301 e. The molecule has 110 valence electrons. The molecule has 1 heterocycles. The zero-order valence-corrected chi connectivity index (χ0v) is 13.4. The first-order valence-electron chi connectivity index (χ1n) is 7.72. The molecule has 0 spiro atoms. The van der Waals surface area contributed by atoms with Gasteiger partial charge in [-0.2, -0.15) is 5.26 Å². The number of hydrogen-bond acceptors (Lipinski definition) is 3. The number of rotatable bonds is 5. The van der Waals surface area contributed by atoms with E-state index in [4.69, 9.17) is 0 Å². The van der Waals surface area contributed by atoms with Crippen molar-refractivity contribution < 1.29 is 0 Å². The Balaban J connectivity index is 2.58. The van der Waals surface area contributed by atoms with Crippen LogP contribution < -0.4 is 5.32 Å². The van der Waals surface area contributed by atoms with Crippen molar-refractivity contribution in [2.45, 2.75) is 71.9 Å². The maximum atomic E-state index is 9.37. The van der Waals surface area contributed by atoms with Gasteiger partial charge in [0.15, 0.2) is 0 Å². The molecule has 1 saturated heterocycles. The number of likely N-dealkylation sites (tertiary alicyclic amines) is 1. The van der Waals surface area contributed by atoms with E-state index in [-0.39, 0.29) is 0 Å². The summed E-state index contributed by atoms with van der Waals surface area (Å²) in [6.07, 6.45) is 4.76. The topological polar surface area (TPSA) is 39.1 Å². The van der Waals surface area contributed by atoms with Gasteiger partial charge < -0.3 is 4.90 Å². The lowest BCUT2D eigenvalue weighted by atomic mass is 9.85. The van der Waals surface area contributed by atoms with Crippen molar-refractivity contribution in [2.24, 2.45) is 5.41 Å². The van der Waals surface area contributed by atoms with E-state index in [0.29, 0.717) is 11.5 Å². The summed E-state index contributed by atoms with van der Waals surface area (Å²) in [6, 6.07) is 2.91. The second kappa shape index (κ2) is 6.72. The van der Waals surface area contributed by atoms with E-state index in [1.54, 1.807) is 0 Å². The van der Waals surface area contributed by atoms with Crippen LogP contribution in [0.2, 0.25) is 0 Å². The van der Waals surface area contributed by atoms with Crippen LogP contribution in [-0.2, 0) is 0 Å². The monoisotopic (exact) mass is 265 g/mol. The number of nitrogens with one attached hydrogen (secondary N) is 1. The molecular formula is C16H31N3. The highest BCUT2D eigenvalue weighted by Crippen LogP contribution is 2.31. The van der Waals surface area contributed by atoms with Crippen LogP contribution in [-0.4, -0.2) is 36.1 Å². The van der Waals surface area contributed by atoms with Crippen LogP contribution in [0.25, 0.3) is 0 Å². The Hall–Kier alpha value is -0.590. The maximum Gasteiger partial charge on any atom is 0.105 e. The van der Waals surface area contributed by atoms with Gasteiger partial charge in [-0.05, 0) is 64.6 Å². The summed E-state index contributed by atoms with van der Waals surface area (Å²) in [6.45, 7) is 14.3. The van der Waals surface area contributed by atoms with E-state index in [9.17, 15) is 5.26 Å². The summed E-state index contributed by atoms with van der Waals surface area (Å²) >= 11 is 0. The zero-order valence-electron chi connectivity index (χ0n) is 13.4. The van der Waals surface area contributed by atoms with E-state index in [1.807, 2.05) is 6.92 Å². The highest BCUT2D eigenvalue weighted by Gasteiger charge is 2.30. The Morgan fingerprint density at radius 1 is 1.37 bits per heavy atom. The summed E-state index contributed by atoms with van der Waals surface area (Å²) < 4.78 is 0. The van der Waals surface area contributed by atoms with Gasteiger partial charge in [-0.3, -0.25) is 5.32 Å². The average Bonchev–Trinajstić information content (AvgIpc) is 2.50. The molecule has 0 aromatic rings. The van der Waals surface area contributed by atoms with Gasteiger partial charge in [0.2, 0.25) is 0 Å². The first-order valence-corrected chi connectivity index (χ1v) is 7.72. The maximum absolute atomic E-state index is 9.37. The molecule has 1 aliphatic heterocycles. The Kier molecular flexibility index (Phi) is 5.82. The summed E-state index contributed by atoms with van der Waals surface area (Å²) in [5.41, 5.74) is 0.0880. The van der Waals surface area contributed by atoms with Crippen molar-refractivity contribution in [3.8, 4) is 6.07 Å². The average molecular weight is 265 g/mol. The second-order valence-corrected chi connectivity index (χ2v) is 7.08. The quantitative estimate of drug-likeness (QED) is 0.830. The lowest BCUT2D eigenvalue weighted by molar-refractivity contribution is 0.176. The molecule has 1 aliphatic rings. The van der Waals surface area contributed by atoms with Crippen molar-refractivity contribution in [2.75, 3.05) is 19.6 Å². The molecule has 0 saturated carbocycles. The first-order chi connectivity index (χ1) is 8.82. The molecule has 2 atom stereocenters. The van der Waals surface area contributed by atoms with Gasteiger partial charge in [-0.25, -0.2) is 0 Å². The molecule has 0 aromatic carbocycles. The molecule has 1 fully saturated rings. The minimum atomic E-state index is -0.393. The van der Waals surface area contributed by atoms with Crippen molar-refractivity contribution in [3.05, 3.63) is 0 Å². The van der Waals surface area contributed by atoms with Gasteiger partial charge in [0.1, 0.15) is 5.54 Å². The van der Waals surface area contributed by atoms with Gasteiger partial charge in [-0.15, -0.1) is 0 Å². The smallest absolute Gasteiger partial charge is 0.105 e. The van der Waals surface area contributed by atoms with Crippen LogP contribution in [0, 0.1) is 16.7 Å². The van der Waals surface area contributed by atoms with Crippen molar-refractivity contribution in [1.82, 2.24) is 10.2 Å². The van der Waals surface area contributed by atoms with Crippen LogP contribution in [0.5, 0.6) is 0 Å². The molecular weight excluding hydrogens is 234 g/mol. The lowest BCUT2D eigenvalue weighted by Crippen LogP contribution is -2.47. The fourth-order valence-electron chi connectivity index (χ4n) is 3.15. The molecule has 1 N–H and O–H groups in total. The van der Waals surface area contributed by atoms with Crippen LogP contribution in [0.1, 0.15) is 60.3 Å². The van der Waals surface area contributed by atoms with Gasteiger partial charge in [0, 0.05) is 6.04 Å². The standard InChI is InChI=1S/C16H31N3/c1-6-18-16(5,13-17)12-14(2)19-10-7-8-15(3,4)9-11-19/h14,18H,6-12H2,1-5H3. The van der Waals surface area contributed by atoms with Crippen molar-refractivity contribution >= 4 is 0 Å². The van der Waals surface area contributed by atoms with E-state index in [2.05, 4.69) is 44.0 Å². The van der Waals surface area contributed by atoms with Gasteiger partial charge in [0.05, 0.1) is 6.07 Å². The Bertz CT molecular complexity index is 318. The molecule has 0 radical (unpaired) electrons. The summed E-state index contributed by atoms with van der Waals surface area (Å²) in [5, 5.41) is 12.7. The molecule has 0 bridgehead atoms. The SMILES string of the molecule is CCNC(C)(C#N)CC(C)N1CCCC(C)(C)CC1. The predicted octanol–water partition coefficient (Wildman–Crippen LogP) is 3.17. The molecule has 0 aliphatic carbocycles. The zero-order chi connectivity index (χ0) is 14.5. The first kappa shape index (κ1) is 16.5. The van der Waals surface area contributed by atoms with Crippen molar-refractivity contribution in [3.63, 3.8) is 0 Å². The summed E-state index contributed by atoms with van der Waals surface area (Å²) in [5.74, 6) is 0. The minimum absolute atomic E-state index is 0.393. The molecule has 0 amide bonds. The van der Waals surface area contributed by atoms with Crippen LogP contribution in [0.4, 0.5) is 0 Å². The van der Waals surface area contributed by atoms with Gasteiger partial charge in [-0.1, -0.05) is 20.8 Å². The predicted molar refractivity (Wildman–Crippen MR) is 81.0 cm³/mol. The van der Waals surface area contributed by atoms with E-state index in [0.717, 1.165) is 13.0 Å². The van der Waals surface area contributed by atoms with Crippen LogP contribution in [0.3, 0.4) is 0 Å². The molecule has 1 rings (SSSR count). The third kappa shape index (κ3) is 5.12. The van der Waals surface area contributed by atoms with Crippen LogP contribution in [0.15, 0.2) is 0 Å². The fourth-order valence-corrected chi connectivity index (χ4v) is 3.15. The van der Waals surface area contributed by atoms with Crippen LogP contribution >= 0.6 is 0 Å². The van der Waals surface area contributed by atoms with E-state index >= 15 is 0 Å². The highest BCUT2D eigenvalue weighted by molar-refractivity contribution is 5.05. The van der Waals surface area contributed by atoms with E-state index < -0.39 is 5.54 Å². The number of nitriles is 1. The molecule has 2 unspecified atom stereocenters. The largest absolute Gasteiger partial charge is 0.301 e. The third-order valence-electron chi connectivity index (χ3n) is 4.52. The Morgan fingerprint density at radius 3 is 2.63 bits per heavy atom. The van der Waals surface area contributed by atoms with E-state index in [1.165, 1.54) is 32.4 Å². The third-order valence-corrected chi connectivity index (χ3v) is 4.52. The number of nitrogens with zero attached hydrogens (tertiary/aromatic N) is 2. The highest BCUT2D eigenvalue weighted by atomic mass is 15.2. The van der Waals surface area contributed by atoms with Gasteiger partial charge in [0.25, 0.3) is 0 Å². The molecule has 3 heteroatoms. The fraction of sp³-hybridized carbons (Fsp3) is 0.938. The Morgan fingerprint density at radius 2 is 2.05 bits per heavy atom. The Labute approximate surface area is 119 Å². The number of hydrogen-bond donors (Lipinski definition) is 1. The van der Waals surface area contributed by atoms with Crippen molar-refractivity contribution in [1.29, 1.82) is 5.26 Å². The molecule has 0 aromatic heterocycles. The second-order valence-electron chi connectivity index (χ2n) is 7.08. The molecule has 3 nitrogen and oxygen atoms in total. The van der Waals surface area contributed by atoms with Gasteiger partial charge >= 0.3 is 0 Å². The normalized spacial score (nSPS) is 25.1. The lowest BCUT2D eigenvalue weighted by Gasteiger charge is -2.33. The summed E-state index contributed by atoms with van der Waals surface area (Å²) in [7, 11) is 0. The molecule has 19 heavy (non-hydrogen) atoms. The summed E-state index contributed by atoms with van der Waals surface area (Å²) in [4.78, 5) is 2.57.